The van der Waals surface area contributed by atoms with Crippen LogP contribution < -0.4 is 10.6 Å². The summed E-state index contributed by atoms with van der Waals surface area (Å²) in [5, 5.41) is 0. The number of nitrogens with two attached hydrogens (primary N) is 1. The SMILES string of the molecule is CN(C)c1ccc(C2=CC(=C3C=CC(=[N+](C)C)C=C3)SC(c3ccc(N)cc3)=C2)cc1.F[P-](F)(F)(F)(F)F. The summed E-state index contributed by atoms with van der Waals surface area (Å²) < 4.78 is 61.3. The molecular weight excluding hydrogens is 543 g/mol. The first kappa shape index (κ1) is 29.3. The van der Waals surface area contributed by atoms with Crippen LogP contribution in [0.1, 0.15) is 11.1 Å². The van der Waals surface area contributed by atoms with Gasteiger partial charge < -0.3 is 10.6 Å². The number of nitrogen functional groups attached to an aromatic ring is 1. The van der Waals surface area contributed by atoms with E-state index in [-0.39, 0.29) is 0 Å². The number of thioether (sulfide) groups is 1. The summed E-state index contributed by atoms with van der Waals surface area (Å²) in [6, 6.07) is 16.8. The molecule has 2 aromatic rings. The second-order valence-corrected chi connectivity index (χ2v) is 12.0. The van der Waals surface area contributed by atoms with Gasteiger partial charge in [-0.15, -0.1) is 0 Å². The molecule has 0 radical (unpaired) electrons. The Bertz CT molecular complexity index is 1370. The van der Waals surface area contributed by atoms with Crippen molar-refractivity contribution in [3.63, 3.8) is 0 Å². The van der Waals surface area contributed by atoms with Crippen molar-refractivity contribution in [2.45, 2.75) is 0 Å². The quantitative estimate of drug-likeness (QED) is 0.173. The summed E-state index contributed by atoms with van der Waals surface area (Å²) in [7, 11) is -2.40. The van der Waals surface area contributed by atoms with Crippen LogP contribution in [0.25, 0.3) is 10.5 Å². The molecule has 204 valence electrons. The first-order valence-corrected chi connectivity index (χ1v) is 14.2. The molecule has 0 saturated carbocycles. The van der Waals surface area contributed by atoms with Crippen LogP contribution in [0.4, 0.5) is 36.6 Å². The van der Waals surface area contributed by atoms with Gasteiger partial charge in [0.05, 0.1) is 0 Å². The molecule has 2 N–H and O–H groups in total. The summed E-state index contributed by atoms with van der Waals surface area (Å²) in [6.45, 7) is 0. The van der Waals surface area contributed by atoms with Crippen LogP contribution in [0.15, 0.2) is 95.5 Å². The van der Waals surface area contributed by atoms with Crippen molar-refractivity contribution >= 4 is 47.1 Å². The number of allylic oxidation sites excluding steroid dienone is 8. The first-order valence-electron chi connectivity index (χ1n) is 11.3. The Balaban J connectivity index is 0.000000505. The topological polar surface area (TPSA) is 32.3 Å². The van der Waals surface area contributed by atoms with E-state index in [1.54, 1.807) is 11.8 Å². The number of rotatable bonds is 3. The molecule has 4 rings (SSSR count). The van der Waals surface area contributed by atoms with Crippen molar-refractivity contribution in [3.8, 4) is 0 Å². The predicted octanol–water partition coefficient (Wildman–Crippen LogP) is 8.98. The van der Waals surface area contributed by atoms with E-state index in [2.05, 4.69) is 111 Å². The second-order valence-electron chi connectivity index (χ2n) is 9.04. The molecule has 0 bridgehead atoms. The predicted molar refractivity (Wildman–Crippen MR) is 151 cm³/mol. The zero-order valence-electron chi connectivity index (χ0n) is 21.2. The van der Waals surface area contributed by atoms with Crippen LogP contribution in [-0.2, 0) is 0 Å². The Morgan fingerprint density at radius 3 is 1.71 bits per heavy atom. The summed E-state index contributed by atoms with van der Waals surface area (Å²) >= 11 is 1.80. The van der Waals surface area contributed by atoms with E-state index in [0.29, 0.717) is 0 Å². The van der Waals surface area contributed by atoms with E-state index < -0.39 is 7.81 Å². The average Bonchev–Trinajstić information content (AvgIpc) is 2.82. The molecular formula is C27H28F6N3PS. The third-order valence-corrected chi connectivity index (χ3v) is 6.52. The van der Waals surface area contributed by atoms with Crippen LogP contribution in [0.5, 0.6) is 0 Å². The fourth-order valence-corrected chi connectivity index (χ4v) is 4.59. The standard InChI is InChI=1S/C27H27N3S.F6P/c1-29(2)24-13-7-19(8-14-24)22-17-26(20-5-11-23(28)12-6-20)31-27(18-22)21-9-15-25(16-10-21)30(3)4;1-7(2,3,4,5)6/h5-18,28H,1-4H3;/q;-1/p+1. The van der Waals surface area contributed by atoms with Gasteiger partial charge in [-0.1, -0.05) is 36.0 Å². The number of anilines is 2. The van der Waals surface area contributed by atoms with E-state index in [1.165, 1.54) is 43.5 Å². The van der Waals surface area contributed by atoms with Gasteiger partial charge in [-0.05, 0) is 70.8 Å². The number of nitrogens with zero attached hydrogens (tertiary/aromatic N) is 2. The van der Waals surface area contributed by atoms with E-state index >= 15 is 0 Å². The van der Waals surface area contributed by atoms with Crippen molar-refractivity contribution in [2.75, 3.05) is 38.8 Å². The molecule has 0 amide bonds. The Hall–Kier alpha value is -3.23. The van der Waals surface area contributed by atoms with Gasteiger partial charge in [-0.25, -0.2) is 4.58 Å². The zero-order chi connectivity index (χ0) is 28.4. The average molecular weight is 572 g/mol. The molecule has 0 aromatic heterocycles. The molecule has 2 aliphatic rings. The summed E-state index contributed by atoms with van der Waals surface area (Å²) in [5.41, 5.74) is 13.9. The molecule has 0 saturated heterocycles. The fourth-order valence-electron chi connectivity index (χ4n) is 3.48. The zero-order valence-corrected chi connectivity index (χ0v) is 22.9. The maximum absolute atomic E-state index is 10.7. The third-order valence-electron chi connectivity index (χ3n) is 5.37. The molecule has 1 heterocycles. The van der Waals surface area contributed by atoms with Gasteiger partial charge in [0, 0.05) is 47.4 Å². The van der Waals surface area contributed by atoms with Crippen LogP contribution in [-0.4, -0.2) is 38.5 Å². The van der Waals surface area contributed by atoms with Crippen LogP contribution >= 0.6 is 19.6 Å². The van der Waals surface area contributed by atoms with Crippen LogP contribution in [0.2, 0.25) is 0 Å². The number of hydrogen-bond donors (Lipinski definition) is 1. The van der Waals surface area contributed by atoms with E-state index in [0.717, 1.165) is 5.69 Å². The molecule has 0 unspecified atom stereocenters. The van der Waals surface area contributed by atoms with Gasteiger partial charge in [0.25, 0.3) is 0 Å². The van der Waals surface area contributed by atoms with Crippen molar-refractivity contribution < 1.29 is 29.8 Å². The minimum absolute atomic E-state index is 0.781. The van der Waals surface area contributed by atoms with Crippen LogP contribution in [0.3, 0.4) is 0 Å². The minimum atomic E-state index is -10.7. The molecule has 38 heavy (non-hydrogen) atoms. The monoisotopic (exact) mass is 571 g/mol. The van der Waals surface area contributed by atoms with Gasteiger partial charge >= 0.3 is 33.0 Å². The van der Waals surface area contributed by atoms with Gasteiger partial charge in [0.2, 0.25) is 0 Å². The number of halogens is 6. The summed E-state index contributed by atoms with van der Waals surface area (Å²) in [5.74, 6) is 0. The normalized spacial score (nSPS) is 17.1. The Morgan fingerprint density at radius 2 is 1.24 bits per heavy atom. The van der Waals surface area contributed by atoms with Crippen molar-refractivity contribution in [1.82, 2.24) is 0 Å². The van der Waals surface area contributed by atoms with Gasteiger partial charge in [-0.3, -0.25) is 0 Å². The molecule has 1 aliphatic carbocycles. The maximum atomic E-state index is 9.87. The molecule has 11 heteroatoms. The van der Waals surface area contributed by atoms with E-state index in [4.69, 9.17) is 5.73 Å². The van der Waals surface area contributed by atoms with E-state index in [9.17, 15) is 25.2 Å². The van der Waals surface area contributed by atoms with Crippen molar-refractivity contribution in [1.29, 1.82) is 0 Å². The fraction of sp³-hybridized carbons (Fsp3) is 0.148. The molecule has 3 nitrogen and oxygen atoms in total. The second kappa shape index (κ2) is 10.2. The molecule has 2 aromatic carbocycles. The molecule has 0 atom stereocenters. The van der Waals surface area contributed by atoms with Crippen molar-refractivity contribution in [2.24, 2.45) is 0 Å². The van der Waals surface area contributed by atoms with Gasteiger partial charge in [0.1, 0.15) is 14.1 Å². The summed E-state index contributed by atoms with van der Waals surface area (Å²) in [6.07, 6.45) is 13.3. The van der Waals surface area contributed by atoms with Gasteiger partial charge in [0.15, 0.2) is 5.71 Å². The Labute approximate surface area is 222 Å². The van der Waals surface area contributed by atoms with Crippen molar-refractivity contribution in [3.05, 3.63) is 107 Å². The Morgan fingerprint density at radius 1 is 0.737 bits per heavy atom. The van der Waals surface area contributed by atoms with Gasteiger partial charge in [-0.2, -0.15) is 0 Å². The molecule has 1 aliphatic heterocycles. The third kappa shape index (κ3) is 9.58. The van der Waals surface area contributed by atoms with E-state index in [1.807, 2.05) is 12.1 Å². The molecule has 0 spiro atoms. The summed E-state index contributed by atoms with van der Waals surface area (Å²) in [4.78, 5) is 4.58. The van der Waals surface area contributed by atoms with Crippen LogP contribution in [0, 0.1) is 0 Å². The molecule has 0 fully saturated rings. The Kier molecular flexibility index (Phi) is 7.83. The first-order chi connectivity index (χ1) is 17.4. The number of hydrogen-bond acceptors (Lipinski definition) is 3. The number of benzene rings is 2.